The molecule has 2 bridgehead atoms. The summed E-state index contributed by atoms with van der Waals surface area (Å²) in [5.74, 6) is 0.576. The standard InChI is InChI=1S/C25H27F2N5O2/c1-14(16-4-3-5-17(8-16)25(26,27)34-19-6-7-19)29-24-22-9-18(11-28-23(22)15(2)30-31-24)32-12-20-10-21(13-32)33-20/h3-5,8-9,11,14,19-21H,6-7,10,12-13H2,1-2H3,(H,29,31)/t14-,20?,21?/m1/s1. The van der Waals surface area contributed by atoms with Crippen molar-refractivity contribution in [2.24, 2.45) is 0 Å². The predicted molar refractivity (Wildman–Crippen MR) is 124 cm³/mol. The second kappa shape index (κ2) is 8.09. The zero-order valence-electron chi connectivity index (χ0n) is 19.2. The number of morpholine rings is 1. The van der Waals surface area contributed by atoms with Gasteiger partial charge in [0.15, 0.2) is 5.82 Å². The fourth-order valence-electron chi connectivity index (χ4n) is 4.74. The second-order valence-electron chi connectivity index (χ2n) is 9.57. The minimum atomic E-state index is -3.30. The Morgan fingerprint density at radius 2 is 1.94 bits per heavy atom. The zero-order valence-corrected chi connectivity index (χ0v) is 19.2. The van der Waals surface area contributed by atoms with E-state index in [4.69, 9.17) is 9.47 Å². The third-order valence-electron chi connectivity index (χ3n) is 6.81. The van der Waals surface area contributed by atoms with Gasteiger partial charge in [0.05, 0.1) is 53.0 Å². The Morgan fingerprint density at radius 3 is 2.68 bits per heavy atom. The van der Waals surface area contributed by atoms with E-state index in [9.17, 15) is 8.78 Å². The van der Waals surface area contributed by atoms with Gasteiger partial charge in [0, 0.05) is 24.9 Å². The average Bonchev–Trinajstić information content (AvgIpc) is 3.64. The number of ether oxygens (including phenoxy) is 2. The summed E-state index contributed by atoms with van der Waals surface area (Å²) in [5, 5.41) is 12.9. The number of benzene rings is 1. The molecular formula is C25H27F2N5O2. The van der Waals surface area contributed by atoms with Crippen molar-refractivity contribution in [1.82, 2.24) is 15.2 Å². The number of anilines is 2. The fourth-order valence-corrected chi connectivity index (χ4v) is 4.74. The number of halogens is 2. The van der Waals surface area contributed by atoms with Crippen molar-refractivity contribution in [3.05, 3.63) is 53.3 Å². The van der Waals surface area contributed by atoms with E-state index in [0.29, 0.717) is 36.4 Å². The normalized spacial score (nSPS) is 23.0. The van der Waals surface area contributed by atoms with E-state index in [0.717, 1.165) is 41.8 Å². The van der Waals surface area contributed by atoms with Crippen LogP contribution in [0.5, 0.6) is 0 Å². The van der Waals surface area contributed by atoms with E-state index >= 15 is 0 Å². The summed E-state index contributed by atoms with van der Waals surface area (Å²) in [4.78, 5) is 6.97. The van der Waals surface area contributed by atoms with Crippen LogP contribution in [0.3, 0.4) is 0 Å². The van der Waals surface area contributed by atoms with Gasteiger partial charge < -0.3 is 19.7 Å². The van der Waals surface area contributed by atoms with Gasteiger partial charge in [0.2, 0.25) is 0 Å². The summed E-state index contributed by atoms with van der Waals surface area (Å²) >= 11 is 0. The van der Waals surface area contributed by atoms with Crippen molar-refractivity contribution in [3.8, 4) is 0 Å². The van der Waals surface area contributed by atoms with E-state index < -0.39 is 6.11 Å². The third kappa shape index (κ3) is 4.07. The molecule has 2 aromatic heterocycles. The van der Waals surface area contributed by atoms with Crippen molar-refractivity contribution >= 4 is 22.4 Å². The van der Waals surface area contributed by atoms with Gasteiger partial charge in [-0.1, -0.05) is 18.2 Å². The van der Waals surface area contributed by atoms with Crippen LogP contribution in [0.25, 0.3) is 10.9 Å². The Labute approximate surface area is 196 Å². The Hall–Kier alpha value is -2.91. The van der Waals surface area contributed by atoms with E-state index in [1.165, 1.54) is 12.1 Å². The molecule has 0 radical (unpaired) electrons. The number of pyridine rings is 1. The first kappa shape index (κ1) is 21.6. The molecule has 178 valence electrons. The lowest BCUT2D eigenvalue weighted by Gasteiger charge is -2.47. The molecular weight excluding hydrogens is 440 g/mol. The van der Waals surface area contributed by atoms with Gasteiger partial charge in [-0.3, -0.25) is 4.98 Å². The number of alkyl halides is 2. The summed E-state index contributed by atoms with van der Waals surface area (Å²) in [6.45, 7) is 5.50. The topological polar surface area (TPSA) is 72.4 Å². The summed E-state index contributed by atoms with van der Waals surface area (Å²) in [5.41, 5.74) is 3.10. The van der Waals surface area contributed by atoms with Crippen molar-refractivity contribution in [2.45, 2.75) is 63.6 Å². The maximum Gasteiger partial charge on any atom is 0.383 e. The van der Waals surface area contributed by atoms with Crippen LogP contribution in [-0.2, 0) is 15.6 Å². The van der Waals surface area contributed by atoms with Crippen LogP contribution in [0.1, 0.15) is 49.0 Å². The van der Waals surface area contributed by atoms with Crippen LogP contribution in [0, 0.1) is 6.92 Å². The van der Waals surface area contributed by atoms with E-state index in [-0.39, 0.29) is 17.7 Å². The Balaban J connectivity index is 1.27. The highest BCUT2D eigenvalue weighted by Gasteiger charge is 2.40. The number of hydrogen-bond donors (Lipinski definition) is 1. The number of nitrogens with one attached hydrogen (secondary N) is 1. The van der Waals surface area contributed by atoms with Gasteiger partial charge >= 0.3 is 6.11 Å². The number of aryl methyl sites for hydroxylation is 1. The predicted octanol–water partition coefficient (Wildman–Crippen LogP) is 4.71. The molecule has 34 heavy (non-hydrogen) atoms. The van der Waals surface area contributed by atoms with Gasteiger partial charge in [-0.25, -0.2) is 0 Å². The SMILES string of the molecule is Cc1nnc(N[C@H](C)c2cccc(C(F)(F)OC3CC3)c2)c2cc(N3CC4CC(C3)O4)cnc12. The lowest BCUT2D eigenvalue weighted by atomic mass is 9.98. The van der Waals surface area contributed by atoms with Gasteiger partial charge in [-0.2, -0.15) is 13.9 Å². The molecule has 4 aliphatic rings. The van der Waals surface area contributed by atoms with Gasteiger partial charge in [-0.15, -0.1) is 5.10 Å². The van der Waals surface area contributed by atoms with Gasteiger partial charge in [-0.05, 0) is 44.4 Å². The van der Waals surface area contributed by atoms with Crippen LogP contribution in [-0.4, -0.2) is 46.6 Å². The quantitative estimate of drug-likeness (QED) is 0.539. The number of piperidine rings is 1. The molecule has 2 unspecified atom stereocenters. The number of rotatable bonds is 7. The molecule has 5 heterocycles. The molecule has 3 saturated heterocycles. The molecule has 4 fully saturated rings. The number of fused-ring (bicyclic) bond motifs is 3. The summed E-state index contributed by atoms with van der Waals surface area (Å²) in [7, 11) is 0. The van der Waals surface area contributed by atoms with Gasteiger partial charge in [0.25, 0.3) is 0 Å². The van der Waals surface area contributed by atoms with E-state index in [1.54, 1.807) is 6.07 Å². The van der Waals surface area contributed by atoms with Crippen molar-refractivity contribution in [1.29, 1.82) is 0 Å². The molecule has 1 N–H and O–H groups in total. The molecule has 1 aromatic carbocycles. The fraction of sp³-hybridized carbons (Fsp3) is 0.480. The molecule has 9 heteroatoms. The highest BCUT2D eigenvalue weighted by atomic mass is 19.3. The maximum atomic E-state index is 14.5. The maximum absolute atomic E-state index is 14.5. The summed E-state index contributed by atoms with van der Waals surface area (Å²) < 4.78 is 39.8. The zero-order chi connectivity index (χ0) is 23.4. The minimum absolute atomic E-state index is 0.139. The Bertz CT molecular complexity index is 1220. The second-order valence-corrected chi connectivity index (χ2v) is 9.57. The molecule has 7 nitrogen and oxygen atoms in total. The van der Waals surface area contributed by atoms with Crippen LogP contribution < -0.4 is 10.2 Å². The molecule has 3 atom stereocenters. The van der Waals surface area contributed by atoms with Crippen LogP contribution >= 0.6 is 0 Å². The number of nitrogens with zero attached hydrogens (tertiary/aromatic N) is 4. The first-order valence-corrected chi connectivity index (χ1v) is 11.8. The molecule has 7 rings (SSSR count). The third-order valence-corrected chi connectivity index (χ3v) is 6.81. The van der Waals surface area contributed by atoms with Crippen LogP contribution in [0.15, 0.2) is 36.5 Å². The van der Waals surface area contributed by atoms with E-state index in [2.05, 4.69) is 31.5 Å². The van der Waals surface area contributed by atoms with E-state index in [1.807, 2.05) is 26.1 Å². The van der Waals surface area contributed by atoms with Crippen LogP contribution in [0.2, 0.25) is 0 Å². The minimum Gasteiger partial charge on any atom is -0.371 e. The lowest BCUT2D eigenvalue weighted by molar-refractivity contribution is -0.255. The Kier molecular flexibility index (Phi) is 5.14. The summed E-state index contributed by atoms with van der Waals surface area (Å²) in [6.07, 6.45) is 1.31. The molecule has 0 spiro atoms. The smallest absolute Gasteiger partial charge is 0.371 e. The lowest BCUT2D eigenvalue weighted by Crippen LogP contribution is -2.57. The Morgan fingerprint density at radius 1 is 1.18 bits per heavy atom. The van der Waals surface area contributed by atoms with Crippen molar-refractivity contribution < 1.29 is 18.3 Å². The highest BCUT2D eigenvalue weighted by molar-refractivity contribution is 5.92. The molecule has 3 aliphatic heterocycles. The largest absolute Gasteiger partial charge is 0.383 e. The first-order valence-electron chi connectivity index (χ1n) is 11.8. The average molecular weight is 468 g/mol. The van der Waals surface area contributed by atoms with Crippen molar-refractivity contribution in [2.75, 3.05) is 23.3 Å². The molecule has 1 saturated carbocycles. The van der Waals surface area contributed by atoms with Gasteiger partial charge in [0.1, 0.15) is 0 Å². The summed E-state index contributed by atoms with van der Waals surface area (Å²) in [6, 6.07) is 8.15. The molecule has 3 aromatic rings. The van der Waals surface area contributed by atoms with Crippen molar-refractivity contribution in [3.63, 3.8) is 0 Å². The molecule has 1 aliphatic carbocycles. The van der Waals surface area contributed by atoms with Crippen LogP contribution in [0.4, 0.5) is 20.3 Å². The number of hydrogen-bond acceptors (Lipinski definition) is 7. The monoisotopic (exact) mass is 467 g/mol. The molecule has 0 amide bonds. The number of aromatic nitrogens is 3. The highest BCUT2D eigenvalue weighted by Crippen LogP contribution is 2.39. The first-order chi connectivity index (χ1) is 16.4.